The fourth-order valence-corrected chi connectivity index (χ4v) is 2.51. The summed E-state index contributed by atoms with van der Waals surface area (Å²) in [5, 5.41) is 3.58. The van der Waals surface area contributed by atoms with Crippen molar-refractivity contribution < 1.29 is 0 Å². The number of unbranched alkanes of at least 4 members (excludes halogenated alkanes) is 1. The molecule has 2 heteroatoms. The van der Waals surface area contributed by atoms with Crippen LogP contribution in [0, 0.1) is 0 Å². The average molecular weight is 251 g/mol. The Hall–Kier alpha value is -0.470. The Morgan fingerprint density at radius 1 is 1.18 bits per heavy atom. The van der Waals surface area contributed by atoms with Crippen molar-refractivity contribution in [1.29, 1.82) is 0 Å². The molecule has 0 aromatic heterocycles. The van der Waals surface area contributed by atoms with Crippen LogP contribution in [0.1, 0.15) is 32.3 Å². The van der Waals surface area contributed by atoms with Gasteiger partial charge in [0.05, 0.1) is 0 Å². The van der Waals surface area contributed by atoms with Crippen LogP contribution >= 0.6 is 11.8 Å². The molecular weight excluding hydrogens is 226 g/mol. The normalized spacial score (nSPS) is 12.6. The zero-order valence-electron chi connectivity index (χ0n) is 11.1. The van der Waals surface area contributed by atoms with Gasteiger partial charge in [0.1, 0.15) is 0 Å². The number of benzene rings is 1. The second-order valence-electron chi connectivity index (χ2n) is 4.46. The fraction of sp³-hybridized carbons (Fsp3) is 0.600. The van der Waals surface area contributed by atoms with E-state index in [1.165, 1.54) is 36.3 Å². The second kappa shape index (κ2) is 9.55. The first-order valence-corrected chi connectivity index (χ1v) is 7.83. The van der Waals surface area contributed by atoms with E-state index in [1.807, 2.05) is 11.8 Å². The molecule has 0 bridgehead atoms. The molecule has 1 atom stereocenters. The van der Waals surface area contributed by atoms with Gasteiger partial charge in [-0.2, -0.15) is 11.8 Å². The lowest BCUT2D eigenvalue weighted by atomic mass is 10.1. The van der Waals surface area contributed by atoms with Crippen LogP contribution in [0.2, 0.25) is 0 Å². The van der Waals surface area contributed by atoms with Crippen molar-refractivity contribution in [2.75, 3.05) is 18.1 Å². The van der Waals surface area contributed by atoms with Crippen LogP contribution in [0.4, 0.5) is 0 Å². The average Bonchev–Trinajstić information content (AvgIpc) is 2.37. The molecule has 1 N–H and O–H groups in total. The first kappa shape index (κ1) is 14.6. The van der Waals surface area contributed by atoms with E-state index in [2.05, 4.69) is 49.5 Å². The third-order valence-corrected chi connectivity index (χ3v) is 3.94. The molecule has 0 saturated carbocycles. The number of thioether (sulfide) groups is 1. The Bertz CT molecular complexity index is 274. The van der Waals surface area contributed by atoms with Gasteiger partial charge in [-0.3, -0.25) is 0 Å². The van der Waals surface area contributed by atoms with E-state index < -0.39 is 0 Å². The summed E-state index contributed by atoms with van der Waals surface area (Å²) in [6.07, 6.45) is 3.77. The van der Waals surface area contributed by atoms with Gasteiger partial charge in [0, 0.05) is 11.8 Å². The van der Waals surface area contributed by atoms with Gasteiger partial charge < -0.3 is 5.32 Å². The molecule has 0 spiro atoms. The molecule has 0 aliphatic carbocycles. The van der Waals surface area contributed by atoms with Gasteiger partial charge in [-0.1, -0.05) is 37.3 Å². The smallest absolute Gasteiger partial charge is 0.0129 e. The summed E-state index contributed by atoms with van der Waals surface area (Å²) >= 11 is 2.01. The van der Waals surface area contributed by atoms with E-state index >= 15 is 0 Å². The molecular formula is C15H25NS. The standard InChI is InChI=1S/C15H25NS/c1-3-17-13-14(2)16-12-8-7-11-15-9-5-4-6-10-15/h4-6,9-10,14,16H,3,7-8,11-13H2,1-2H3. The molecule has 0 aliphatic rings. The van der Waals surface area contributed by atoms with Crippen LogP contribution in [0.15, 0.2) is 30.3 Å². The fourth-order valence-electron chi connectivity index (χ4n) is 1.80. The summed E-state index contributed by atoms with van der Waals surface area (Å²) in [5.74, 6) is 2.45. The number of hydrogen-bond donors (Lipinski definition) is 1. The van der Waals surface area contributed by atoms with Gasteiger partial charge in [-0.25, -0.2) is 0 Å². The van der Waals surface area contributed by atoms with Crippen LogP contribution in [0.5, 0.6) is 0 Å². The molecule has 0 aliphatic heterocycles. The minimum Gasteiger partial charge on any atom is -0.313 e. The maximum Gasteiger partial charge on any atom is 0.0129 e. The quantitative estimate of drug-likeness (QED) is 0.671. The summed E-state index contributed by atoms with van der Waals surface area (Å²) in [7, 11) is 0. The zero-order valence-corrected chi connectivity index (χ0v) is 11.9. The maximum absolute atomic E-state index is 3.58. The third kappa shape index (κ3) is 7.45. The van der Waals surface area contributed by atoms with E-state index in [9.17, 15) is 0 Å². The molecule has 0 radical (unpaired) electrons. The summed E-state index contributed by atoms with van der Waals surface area (Å²) in [6.45, 7) is 5.65. The predicted octanol–water partition coefficient (Wildman–Crippen LogP) is 3.74. The topological polar surface area (TPSA) is 12.0 Å². The van der Waals surface area contributed by atoms with Crippen molar-refractivity contribution >= 4 is 11.8 Å². The summed E-state index contributed by atoms with van der Waals surface area (Å²) in [4.78, 5) is 0. The van der Waals surface area contributed by atoms with Crippen LogP contribution in [0.3, 0.4) is 0 Å². The summed E-state index contributed by atoms with van der Waals surface area (Å²) < 4.78 is 0. The third-order valence-electron chi connectivity index (χ3n) is 2.80. The van der Waals surface area contributed by atoms with Crippen molar-refractivity contribution in [2.45, 2.75) is 39.2 Å². The van der Waals surface area contributed by atoms with Gasteiger partial charge in [-0.15, -0.1) is 0 Å². The minimum absolute atomic E-state index is 0.650. The van der Waals surface area contributed by atoms with E-state index in [0.29, 0.717) is 6.04 Å². The van der Waals surface area contributed by atoms with Crippen LogP contribution in [0.25, 0.3) is 0 Å². The lowest BCUT2D eigenvalue weighted by molar-refractivity contribution is 0.563. The summed E-state index contributed by atoms with van der Waals surface area (Å²) in [6, 6.07) is 11.4. The summed E-state index contributed by atoms with van der Waals surface area (Å²) in [5.41, 5.74) is 1.46. The Kier molecular flexibility index (Phi) is 8.20. The monoisotopic (exact) mass is 251 g/mol. The number of hydrogen-bond acceptors (Lipinski definition) is 2. The first-order valence-electron chi connectivity index (χ1n) is 6.68. The Labute approximate surface area is 110 Å². The molecule has 0 heterocycles. The minimum atomic E-state index is 0.650. The van der Waals surface area contributed by atoms with Crippen molar-refractivity contribution in [3.05, 3.63) is 35.9 Å². The van der Waals surface area contributed by atoms with E-state index in [4.69, 9.17) is 0 Å². The van der Waals surface area contributed by atoms with Crippen molar-refractivity contribution in [3.63, 3.8) is 0 Å². The van der Waals surface area contributed by atoms with E-state index in [-0.39, 0.29) is 0 Å². The largest absolute Gasteiger partial charge is 0.313 e. The number of nitrogens with one attached hydrogen (secondary N) is 1. The van der Waals surface area contributed by atoms with Crippen LogP contribution < -0.4 is 5.32 Å². The highest BCUT2D eigenvalue weighted by molar-refractivity contribution is 7.99. The molecule has 1 unspecified atom stereocenters. The second-order valence-corrected chi connectivity index (χ2v) is 5.78. The van der Waals surface area contributed by atoms with Gasteiger partial charge in [0.2, 0.25) is 0 Å². The van der Waals surface area contributed by atoms with Crippen molar-refractivity contribution in [1.82, 2.24) is 5.32 Å². The molecule has 0 saturated heterocycles. The van der Waals surface area contributed by atoms with Gasteiger partial charge in [0.15, 0.2) is 0 Å². The van der Waals surface area contributed by atoms with Gasteiger partial charge in [-0.05, 0) is 44.0 Å². The zero-order chi connectivity index (χ0) is 12.3. The van der Waals surface area contributed by atoms with Crippen molar-refractivity contribution in [3.8, 4) is 0 Å². The van der Waals surface area contributed by atoms with Gasteiger partial charge in [0.25, 0.3) is 0 Å². The van der Waals surface area contributed by atoms with Gasteiger partial charge >= 0.3 is 0 Å². The predicted molar refractivity (Wildman–Crippen MR) is 79.8 cm³/mol. The molecule has 1 nitrogen and oxygen atoms in total. The van der Waals surface area contributed by atoms with Crippen LogP contribution in [-0.4, -0.2) is 24.1 Å². The van der Waals surface area contributed by atoms with Crippen molar-refractivity contribution in [2.24, 2.45) is 0 Å². The highest BCUT2D eigenvalue weighted by Crippen LogP contribution is 2.05. The highest BCUT2D eigenvalue weighted by Gasteiger charge is 1.99. The van der Waals surface area contributed by atoms with E-state index in [0.717, 1.165) is 6.54 Å². The lowest BCUT2D eigenvalue weighted by Crippen LogP contribution is -2.29. The molecule has 96 valence electrons. The lowest BCUT2D eigenvalue weighted by Gasteiger charge is -2.12. The Balaban J connectivity index is 1.97. The SMILES string of the molecule is CCSCC(C)NCCCCc1ccccc1. The Morgan fingerprint density at radius 3 is 2.65 bits per heavy atom. The first-order chi connectivity index (χ1) is 8.33. The molecule has 0 amide bonds. The highest BCUT2D eigenvalue weighted by atomic mass is 32.2. The van der Waals surface area contributed by atoms with E-state index in [1.54, 1.807) is 0 Å². The molecule has 1 rings (SSSR count). The molecule has 0 fully saturated rings. The molecule has 1 aromatic rings. The van der Waals surface area contributed by atoms with Crippen LogP contribution in [-0.2, 0) is 6.42 Å². The molecule has 17 heavy (non-hydrogen) atoms. The Morgan fingerprint density at radius 2 is 1.94 bits per heavy atom. The maximum atomic E-state index is 3.58. The number of rotatable bonds is 9. The molecule has 1 aromatic carbocycles. The number of aryl methyl sites for hydroxylation is 1.